The third-order valence-corrected chi connectivity index (χ3v) is 4.01. The molecule has 0 heterocycles. The van der Waals surface area contributed by atoms with Crippen molar-refractivity contribution in [3.05, 3.63) is 29.1 Å². The summed E-state index contributed by atoms with van der Waals surface area (Å²) in [6, 6.07) is -7.87. The highest BCUT2D eigenvalue weighted by atomic mass is 19.4. The summed E-state index contributed by atoms with van der Waals surface area (Å²) in [5.74, 6) is -31.5. The van der Waals surface area contributed by atoms with Crippen molar-refractivity contribution in [2.75, 3.05) is 11.4 Å². The van der Waals surface area contributed by atoms with Crippen LogP contribution in [0, 0.1) is 17.5 Å². The Balaban J connectivity index is 3.97. The maximum atomic E-state index is 14.3. The Morgan fingerprint density at radius 1 is 0.667 bits per heavy atom. The highest BCUT2D eigenvalue weighted by molar-refractivity contribution is 5.54. The van der Waals surface area contributed by atoms with Crippen LogP contribution in [0.1, 0.15) is 18.9 Å². The monoisotopic (exact) mass is 525 g/mol. The minimum atomic E-state index is -7.57. The van der Waals surface area contributed by atoms with E-state index in [1.54, 1.807) is 0 Å². The normalized spacial score (nSPS) is 14.6. The molecule has 0 saturated heterocycles. The number of nitrogens with zero attached hydrogens (tertiary/aromatic N) is 1. The first-order valence-electron chi connectivity index (χ1n) is 8.01. The second kappa shape index (κ2) is 8.25. The number of alkyl halides is 14. The van der Waals surface area contributed by atoms with Gasteiger partial charge in [-0.1, -0.05) is 6.92 Å². The third-order valence-electron chi connectivity index (χ3n) is 4.01. The van der Waals surface area contributed by atoms with E-state index in [1.807, 2.05) is 0 Å². The number of hydrogen-bond donors (Lipinski definition) is 0. The summed E-state index contributed by atoms with van der Waals surface area (Å²) >= 11 is 0. The first kappa shape index (κ1) is 28.9. The van der Waals surface area contributed by atoms with Gasteiger partial charge in [-0.3, -0.25) is 0 Å². The molecular formula is C15H8F17N. The SMILES string of the molecule is CCCN(c1cc(F)c(F)c(C(F)(F)C(F)(F)F)c1F)C(F)(F)C(F)(F)C(F)(F)C(F)(F)F. The van der Waals surface area contributed by atoms with Gasteiger partial charge < -0.3 is 4.90 Å². The molecule has 0 saturated carbocycles. The first-order chi connectivity index (χ1) is 14.4. The predicted octanol–water partition coefficient (Wildman–Crippen LogP) is 7.40. The largest absolute Gasteiger partial charge is 0.460 e. The van der Waals surface area contributed by atoms with E-state index in [0.29, 0.717) is 6.92 Å². The average molecular weight is 525 g/mol. The van der Waals surface area contributed by atoms with Gasteiger partial charge in [-0.2, -0.15) is 61.5 Å². The molecule has 1 nitrogen and oxygen atoms in total. The van der Waals surface area contributed by atoms with Crippen molar-refractivity contribution in [1.82, 2.24) is 0 Å². The van der Waals surface area contributed by atoms with E-state index >= 15 is 0 Å². The lowest BCUT2D eigenvalue weighted by atomic mass is 10.0. The predicted molar refractivity (Wildman–Crippen MR) is 74.8 cm³/mol. The van der Waals surface area contributed by atoms with Crippen LogP contribution in [-0.4, -0.2) is 36.8 Å². The molecule has 192 valence electrons. The van der Waals surface area contributed by atoms with Gasteiger partial charge in [-0.25, -0.2) is 13.2 Å². The molecule has 0 aliphatic carbocycles. The van der Waals surface area contributed by atoms with Crippen LogP contribution >= 0.6 is 0 Å². The number of hydrogen-bond acceptors (Lipinski definition) is 1. The molecule has 0 radical (unpaired) electrons. The topological polar surface area (TPSA) is 3.24 Å². The fourth-order valence-electron chi connectivity index (χ4n) is 2.38. The minimum absolute atomic E-state index is 0.714. The lowest BCUT2D eigenvalue weighted by Crippen LogP contribution is -2.67. The average Bonchev–Trinajstić information content (AvgIpc) is 2.60. The van der Waals surface area contributed by atoms with Gasteiger partial charge >= 0.3 is 36.2 Å². The highest BCUT2D eigenvalue weighted by Crippen LogP contribution is 2.55. The molecule has 1 aromatic carbocycles. The van der Waals surface area contributed by atoms with E-state index in [4.69, 9.17) is 0 Å². The number of anilines is 1. The summed E-state index contributed by atoms with van der Waals surface area (Å²) in [7, 11) is 0. The van der Waals surface area contributed by atoms with Crippen LogP contribution in [0.15, 0.2) is 6.07 Å². The van der Waals surface area contributed by atoms with E-state index in [2.05, 4.69) is 0 Å². The van der Waals surface area contributed by atoms with Gasteiger partial charge in [0.05, 0.1) is 5.69 Å². The summed E-state index contributed by atoms with van der Waals surface area (Å²) in [5.41, 5.74) is -6.38. The Labute approximate surface area is 171 Å². The Morgan fingerprint density at radius 2 is 1.12 bits per heavy atom. The molecule has 0 N–H and O–H groups in total. The number of benzene rings is 1. The molecule has 33 heavy (non-hydrogen) atoms. The quantitative estimate of drug-likeness (QED) is 0.204. The molecule has 0 spiro atoms. The van der Waals surface area contributed by atoms with E-state index < -0.39 is 88.8 Å². The van der Waals surface area contributed by atoms with E-state index in [9.17, 15) is 74.6 Å². The van der Waals surface area contributed by atoms with E-state index in [1.165, 1.54) is 0 Å². The summed E-state index contributed by atoms with van der Waals surface area (Å²) in [4.78, 5) is -1.79. The molecule has 0 aliphatic rings. The van der Waals surface area contributed by atoms with Crippen molar-refractivity contribution in [2.24, 2.45) is 0 Å². The van der Waals surface area contributed by atoms with Crippen LogP contribution in [0.3, 0.4) is 0 Å². The van der Waals surface area contributed by atoms with Gasteiger partial charge in [0, 0.05) is 12.6 Å². The molecule has 0 aliphatic heterocycles. The maximum Gasteiger partial charge on any atom is 0.460 e. The fraction of sp³-hybridized carbons (Fsp3) is 0.600. The standard InChI is InChI=1S/C15H8F17N/c1-2-3-33(15(31,32)12(23,24)11(21,22)14(28,29)30)6-4-5(16)8(17)7(9(6)18)10(19,20)13(25,26)27/h4H,2-3H2,1H3. The molecule has 0 aromatic heterocycles. The van der Waals surface area contributed by atoms with Crippen molar-refractivity contribution >= 4 is 5.69 Å². The zero-order chi connectivity index (χ0) is 26.6. The molecule has 0 atom stereocenters. The third kappa shape index (κ3) is 4.36. The van der Waals surface area contributed by atoms with Crippen LogP contribution in [-0.2, 0) is 5.92 Å². The van der Waals surface area contributed by atoms with Crippen molar-refractivity contribution < 1.29 is 74.6 Å². The Hall–Kier alpha value is -2.17. The molecule has 0 bridgehead atoms. The number of halogens is 17. The van der Waals surface area contributed by atoms with Gasteiger partial charge in [0.15, 0.2) is 17.5 Å². The van der Waals surface area contributed by atoms with Crippen molar-refractivity contribution in [3.8, 4) is 0 Å². The smallest absolute Gasteiger partial charge is 0.305 e. The molecular weight excluding hydrogens is 517 g/mol. The summed E-state index contributed by atoms with van der Waals surface area (Å²) in [6.45, 7) is -1.21. The summed E-state index contributed by atoms with van der Waals surface area (Å²) in [6.07, 6.45) is -15.3. The van der Waals surface area contributed by atoms with E-state index in [0.717, 1.165) is 0 Å². The molecule has 0 amide bonds. The molecule has 0 unspecified atom stereocenters. The second-order valence-electron chi connectivity index (χ2n) is 6.29. The van der Waals surface area contributed by atoms with Crippen LogP contribution in [0.4, 0.5) is 80.3 Å². The minimum Gasteiger partial charge on any atom is -0.305 e. The maximum absolute atomic E-state index is 14.3. The zero-order valence-corrected chi connectivity index (χ0v) is 15.4. The molecule has 1 rings (SSSR count). The fourth-order valence-corrected chi connectivity index (χ4v) is 2.38. The van der Waals surface area contributed by atoms with Crippen molar-refractivity contribution in [3.63, 3.8) is 0 Å². The highest BCUT2D eigenvalue weighted by Gasteiger charge is 2.83. The molecule has 1 aromatic rings. The zero-order valence-electron chi connectivity index (χ0n) is 15.4. The van der Waals surface area contributed by atoms with Crippen LogP contribution in [0.25, 0.3) is 0 Å². The molecule has 18 heteroatoms. The molecule has 0 fully saturated rings. The Bertz CT molecular complexity index is 867. The Morgan fingerprint density at radius 3 is 1.48 bits per heavy atom. The van der Waals surface area contributed by atoms with Gasteiger partial charge in [0.1, 0.15) is 5.56 Å². The summed E-state index contributed by atoms with van der Waals surface area (Å²) in [5, 5.41) is 0. The van der Waals surface area contributed by atoms with Gasteiger partial charge in [-0.15, -0.1) is 0 Å². The van der Waals surface area contributed by atoms with Crippen LogP contribution in [0.2, 0.25) is 0 Å². The lowest BCUT2D eigenvalue weighted by molar-refractivity contribution is -0.395. The summed E-state index contributed by atoms with van der Waals surface area (Å²) < 4.78 is 225. The Kier molecular flexibility index (Phi) is 7.21. The lowest BCUT2D eigenvalue weighted by Gasteiger charge is -2.41. The van der Waals surface area contributed by atoms with Crippen LogP contribution in [0.5, 0.6) is 0 Å². The first-order valence-corrected chi connectivity index (χ1v) is 8.01. The van der Waals surface area contributed by atoms with Crippen molar-refractivity contribution in [2.45, 2.75) is 49.5 Å². The van der Waals surface area contributed by atoms with Crippen LogP contribution < -0.4 is 4.90 Å². The number of rotatable bonds is 7. The van der Waals surface area contributed by atoms with E-state index in [-0.39, 0.29) is 0 Å². The van der Waals surface area contributed by atoms with Gasteiger partial charge in [-0.05, 0) is 6.42 Å². The van der Waals surface area contributed by atoms with Gasteiger partial charge in [0.2, 0.25) is 0 Å². The second-order valence-corrected chi connectivity index (χ2v) is 6.29. The van der Waals surface area contributed by atoms with Gasteiger partial charge in [0.25, 0.3) is 0 Å². The van der Waals surface area contributed by atoms with Crippen molar-refractivity contribution in [1.29, 1.82) is 0 Å².